The van der Waals surface area contributed by atoms with Crippen molar-refractivity contribution in [2.45, 2.75) is 19.3 Å². The van der Waals surface area contributed by atoms with Crippen molar-refractivity contribution in [3.8, 4) is 0 Å². The number of amides is 1. The summed E-state index contributed by atoms with van der Waals surface area (Å²) in [5.41, 5.74) is 2.92. The molecule has 17 heavy (non-hydrogen) atoms. The predicted octanol–water partition coefficient (Wildman–Crippen LogP) is 2.06. The van der Waals surface area contributed by atoms with Crippen molar-refractivity contribution in [2.75, 3.05) is 5.32 Å². The van der Waals surface area contributed by atoms with E-state index in [2.05, 4.69) is 5.32 Å². The summed E-state index contributed by atoms with van der Waals surface area (Å²) in [7, 11) is 0. The standard InChI is InChI=1S/C13H13NO3/c15-12-7-5-10-8-9(2-1-3-13(16)17)4-6-11(10)14-12/h1-2,4,6,8H,3,5,7H2,(H,14,15)(H,16,17)/b2-1+. The molecule has 1 heterocycles. The molecule has 0 aliphatic carbocycles. The normalized spacial score (nSPS) is 14.5. The Morgan fingerprint density at radius 2 is 2.24 bits per heavy atom. The van der Waals surface area contributed by atoms with Crippen LogP contribution in [-0.4, -0.2) is 17.0 Å². The average molecular weight is 231 g/mol. The van der Waals surface area contributed by atoms with Crippen molar-refractivity contribution < 1.29 is 14.7 Å². The Morgan fingerprint density at radius 1 is 1.41 bits per heavy atom. The number of carbonyl (C=O) groups excluding carboxylic acids is 1. The third kappa shape index (κ3) is 2.93. The van der Waals surface area contributed by atoms with Crippen molar-refractivity contribution in [2.24, 2.45) is 0 Å². The second-order valence-corrected chi connectivity index (χ2v) is 3.96. The van der Waals surface area contributed by atoms with Gasteiger partial charge in [-0.15, -0.1) is 0 Å². The number of carboxylic acids is 1. The second-order valence-electron chi connectivity index (χ2n) is 3.96. The molecular weight excluding hydrogens is 218 g/mol. The first kappa shape index (κ1) is 11.4. The molecule has 1 aliphatic heterocycles. The lowest BCUT2D eigenvalue weighted by molar-refractivity contribution is -0.136. The molecular formula is C13H13NO3. The highest BCUT2D eigenvalue weighted by atomic mass is 16.4. The number of anilines is 1. The van der Waals surface area contributed by atoms with E-state index in [-0.39, 0.29) is 12.3 Å². The Hall–Kier alpha value is -2.10. The smallest absolute Gasteiger partial charge is 0.307 e. The second kappa shape index (κ2) is 4.82. The number of benzene rings is 1. The van der Waals surface area contributed by atoms with Crippen molar-refractivity contribution in [3.63, 3.8) is 0 Å². The molecule has 1 aliphatic rings. The van der Waals surface area contributed by atoms with E-state index in [1.54, 1.807) is 12.2 Å². The van der Waals surface area contributed by atoms with E-state index >= 15 is 0 Å². The number of hydrogen-bond acceptors (Lipinski definition) is 2. The van der Waals surface area contributed by atoms with Crippen molar-refractivity contribution in [1.82, 2.24) is 0 Å². The number of fused-ring (bicyclic) bond motifs is 1. The van der Waals surface area contributed by atoms with Gasteiger partial charge in [-0.2, -0.15) is 0 Å². The highest BCUT2D eigenvalue weighted by molar-refractivity contribution is 5.94. The van der Waals surface area contributed by atoms with E-state index in [4.69, 9.17) is 5.11 Å². The molecule has 0 spiro atoms. The van der Waals surface area contributed by atoms with Crippen LogP contribution in [0.25, 0.3) is 6.08 Å². The number of aryl methyl sites for hydroxylation is 1. The van der Waals surface area contributed by atoms with Gasteiger partial charge in [0.15, 0.2) is 0 Å². The van der Waals surface area contributed by atoms with Crippen molar-refractivity contribution >= 4 is 23.6 Å². The Morgan fingerprint density at radius 3 is 3.00 bits per heavy atom. The SMILES string of the molecule is O=C(O)C/C=C/c1ccc2c(c1)CCC(=O)N2. The maximum absolute atomic E-state index is 11.2. The van der Waals surface area contributed by atoms with Gasteiger partial charge in [-0.05, 0) is 29.7 Å². The third-order valence-electron chi connectivity index (χ3n) is 2.63. The van der Waals surface area contributed by atoms with Crippen molar-refractivity contribution in [3.05, 3.63) is 35.4 Å². The van der Waals surface area contributed by atoms with Gasteiger partial charge < -0.3 is 10.4 Å². The Bertz CT molecular complexity index is 491. The third-order valence-corrected chi connectivity index (χ3v) is 2.63. The number of nitrogens with one attached hydrogen (secondary N) is 1. The molecule has 2 N–H and O–H groups in total. The van der Waals surface area contributed by atoms with Gasteiger partial charge in [-0.1, -0.05) is 18.2 Å². The van der Waals surface area contributed by atoms with E-state index in [9.17, 15) is 9.59 Å². The fraction of sp³-hybridized carbons (Fsp3) is 0.231. The van der Waals surface area contributed by atoms with Crippen LogP contribution in [0.2, 0.25) is 0 Å². The van der Waals surface area contributed by atoms with E-state index in [0.29, 0.717) is 6.42 Å². The first-order chi connectivity index (χ1) is 8.15. The number of carbonyl (C=O) groups is 2. The zero-order valence-corrected chi connectivity index (χ0v) is 9.27. The lowest BCUT2D eigenvalue weighted by Crippen LogP contribution is -2.18. The number of aliphatic carboxylic acids is 1. The maximum Gasteiger partial charge on any atom is 0.307 e. The Kier molecular flexibility index (Phi) is 3.23. The topological polar surface area (TPSA) is 66.4 Å². The summed E-state index contributed by atoms with van der Waals surface area (Å²) >= 11 is 0. The van der Waals surface area contributed by atoms with Gasteiger partial charge in [0.25, 0.3) is 0 Å². The van der Waals surface area contributed by atoms with E-state index in [0.717, 1.165) is 23.2 Å². The first-order valence-electron chi connectivity index (χ1n) is 5.46. The molecule has 0 fully saturated rings. The van der Waals surface area contributed by atoms with Crippen LogP contribution in [-0.2, 0) is 16.0 Å². The monoisotopic (exact) mass is 231 g/mol. The van der Waals surface area contributed by atoms with Crippen LogP contribution >= 0.6 is 0 Å². The van der Waals surface area contributed by atoms with Gasteiger partial charge >= 0.3 is 5.97 Å². The summed E-state index contributed by atoms with van der Waals surface area (Å²) in [4.78, 5) is 21.5. The molecule has 1 aromatic carbocycles. The summed E-state index contributed by atoms with van der Waals surface area (Å²) in [6.07, 6.45) is 4.67. The van der Waals surface area contributed by atoms with Gasteiger partial charge in [0.05, 0.1) is 6.42 Å². The molecule has 4 nitrogen and oxygen atoms in total. The fourth-order valence-corrected chi connectivity index (χ4v) is 1.80. The minimum atomic E-state index is -0.841. The molecule has 1 aromatic rings. The molecule has 4 heteroatoms. The minimum absolute atomic E-state index is 0.0216. The molecule has 2 rings (SSSR count). The summed E-state index contributed by atoms with van der Waals surface area (Å²) < 4.78 is 0. The van der Waals surface area contributed by atoms with Crippen LogP contribution in [0.1, 0.15) is 24.0 Å². The van der Waals surface area contributed by atoms with Gasteiger partial charge in [-0.3, -0.25) is 9.59 Å². The van der Waals surface area contributed by atoms with Crippen LogP contribution in [0.3, 0.4) is 0 Å². The summed E-state index contributed by atoms with van der Waals surface area (Å²) in [6, 6.07) is 5.70. The lowest BCUT2D eigenvalue weighted by Gasteiger charge is -2.16. The number of hydrogen-bond donors (Lipinski definition) is 2. The first-order valence-corrected chi connectivity index (χ1v) is 5.46. The largest absolute Gasteiger partial charge is 0.481 e. The molecule has 88 valence electrons. The molecule has 1 amide bonds. The molecule has 0 saturated carbocycles. The number of carboxylic acid groups (broad SMARTS) is 1. The zero-order chi connectivity index (χ0) is 12.3. The Balaban J connectivity index is 2.14. The quantitative estimate of drug-likeness (QED) is 0.836. The van der Waals surface area contributed by atoms with Gasteiger partial charge in [0, 0.05) is 12.1 Å². The van der Waals surface area contributed by atoms with E-state index < -0.39 is 5.97 Å². The molecule has 0 bridgehead atoms. The summed E-state index contributed by atoms with van der Waals surface area (Å²) in [5.74, 6) is -0.793. The van der Waals surface area contributed by atoms with Gasteiger partial charge in [0.2, 0.25) is 5.91 Å². The van der Waals surface area contributed by atoms with Crippen LogP contribution in [0.5, 0.6) is 0 Å². The highest BCUT2D eigenvalue weighted by Gasteiger charge is 2.13. The molecule has 0 atom stereocenters. The molecule has 0 aromatic heterocycles. The van der Waals surface area contributed by atoms with Crippen LogP contribution in [0.4, 0.5) is 5.69 Å². The lowest BCUT2D eigenvalue weighted by atomic mass is 10.0. The van der Waals surface area contributed by atoms with E-state index in [1.165, 1.54) is 0 Å². The molecule has 0 radical (unpaired) electrons. The average Bonchev–Trinajstić information content (AvgIpc) is 2.29. The summed E-state index contributed by atoms with van der Waals surface area (Å²) in [5, 5.41) is 11.3. The highest BCUT2D eigenvalue weighted by Crippen LogP contribution is 2.23. The van der Waals surface area contributed by atoms with Crippen molar-refractivity contribution in [1.29, 1.82) is 0 Å². The van der Waals surface area contributed by atoms with Gasteiger partial charge in [-0.25, -0.2) is 0 Å². The predicted molar refractivity (Wildman–Crippen MR) is 64.7 cm³/mol. The fourth-order valence-electron chi connectivity index (χ4n) is 1.80. The minimum Gasteiger partial charge on any atom is -0.481 e. The van der Waals surface area contributed by atoms with Crippen LogP contribution in [0, 0.1) is 0 Å². The summed E-state index contributed by atoms with van der Waals surface area (Å²) in [6.45, 7) is 0. The molecule has 0 unspecified atom stereocenters. The zero-order valence-electron chi connectivity index (χ0n) is 9.27. The number of rotatable bonds is 3. The maximum atomic E-state index is 11.2. The Labute approximate surface area is 99.0 Å². The van der Waals surface area contributed by atoms with Crippen LogP contribution in [0.15, 0.2) is 24.3 Å². The molecule has 0 saturated heterocycles. The van der Waals surface area contributed by atoms with Crippen LogP contribution < -0.4 is 5.32 Å². The van der Waals surface area contributed by atoms with E-state index in [1.807, 2.05) is 18.2 Å². The van der Waals surface area contributed by atoms with Gasteiger partial charge in [0.1, 0.15) is 0 Å².